The molecule has 0 saturated carbocycles. The summed E-state index contributed by atoms with van der Waals surface area (Å²) in [6, 6.07) is 4.02. The minimum atomic E-state index is 0.0966. The van der Waals surface area contributed by atoms with Gasteiger partial charge in [0.15, 0.2) is 11.5 Å². The minimum absolute atomic E-state index is 0.0966. The van der Waals surface area contributed by atoms with Crippen molar-refractivity contribution in [3.8, 4) is 11.5 Å². The Balaban J connectivity index is 2.17. The van der Waals surface area contributed by atoms with Gasteiger partial charge in [-0.15, -0.1) is 0 Å². The number of hydrogen-bond acceptors (Lipinski definition) is 4. The van der Waals surface area contributed by atoms with E-state index in [1.165, 1.54) is 0 Å². The van der Waals surface area contributed by atoms with Crippen LogP contribution in [0.15, 0.2) is 16.6 Å². The first-order valence-corrected chi connectivity index (χ1v) is 7.34. The molecule has 1 aliphatic rings. The third-order valence-corrected chi connectivity index (χ3v) is 3.71. The highest BCUT2D eigenvalue weighted by Crippen LogP contribution is 2.38. The highest BCUT2D eigenvalue weighted by molar-refractivity contribution is 9.10. The molecular formula is C14H20BrNO3. The second-order valence-electron chi connectivity index (χ2n) is 4.60. The Bertz CT molecular complexity index is 419. The SMILES string of the molecule is COc1cc(CCN)cc(Br)c1OC1CCCOC1. The number of benzene rings is 1. The molecule has 1 atom stereocenters. The summed E-state index contributed by atoms with van der Waals surface area (Å²) in [5.41, 5.74) is 6.72. The Hall–Kier alpha value is -0.780. The number of ether oxygens (including phenoxy) is 3. The predicted molar refractivity (Wildman–Crippen MR) is 77.9 cm³/mol. The molecule has 2 rings (SSSR count). The quantitative estimate of drug-likeness (QED) is 0.901. The van der Waals surface area contributed by atoms with Gasteiger partial charge in [0.2, 0.25) is 0 Å². The van der Waals surface area contributed by atoms with Crippen LogP contribution >= 0.6 is 15.9 Å². The van der Waals surface area contributed by atoms with Crippen molar-refractivity contribution in [3.63, 3.8) is 0 Å². The van der Waals surface area contributed by atoms with Crippen molar-refractivity contribution in [2.75, 3.05) is 26.9 Å². The lowest BCUT2D eigenvalue weighted by Gasteiger charge is -2.25. The van der Waals surface area contributed by atoms with Crippen molar-refractivity contribution in [2.45, 2.75) is 25.4 Å². The molecule has 0 bridgehead atoms. The van der Waals surface area contributed by atoms with Gasteiger partial charge in [-0.25, -0.2) is 0 Å². The van der Waals surface area contributed by atoms with Crippen LogP contribution in [-0.4, -0.2) is 33.0 Å². The summed E-state index contributed by atoms with van der Waals surface area (Å²) in [6.45, 7) is 2.08. The van der Waals surface area contributed by atoms with Crippen LogP contribution in [0.2, 0.25) is 0 Å². The van der Waals surface area contributed by atoms with Gasteiger partial charge in [-0.05, 0) is 59.4 Å². The van der Waals surface area contributed by atoms with E-state index >= 15 is 0 Å². The number of rotatable bonds is 5. The molecule has 19 heavy (non-hydrogen) atoms. The average molecular weight is 330 g/mol. The maximum Gasteiger partial charge on any atom is 0.175 e. The second-order valence-corrected chi connectivity index (χ2v) is 5.46. The molecule has 1 unspecified atom stereocenters. The zero-order chi connectivity index (χ0) is 13.7. The Morgan fingerprint density at radius 2 is 2.32 bits per heavy atom. The first-order valence-electron chi connectivity index (χ1n) is 6.55. The van der Waals surface area contributed by atoms with Gasteiger partial charge < -0.3 is 19.9 Å². The molecule has 0 aromatic heterocycles. The molecule has 0 amide bonds. The third-order valence-electron chi connectivity index (χ3n) is 3.13. The molecule has 5 heteroatoms. The maximum atomic E-state index is 6.01. The van der Waals surface area contributed by atoms with E-state index in [9.17, 15) is 0 Å². The van der Waals surface area contributed by atoms with Crippen molar-refractivity contribution in [1.29, 1.82) is 0 Å². The van der Waals surface area contributed by atoms with Crippen LogP contribution in [0, 0.1) is 0 Å². The average Bonchev–Trinajstić information content (AvgIpc) is 2.43. The van der Waals surface area contributed by atoms with Gasteiger partial charge in [0.1, 0.15) is 6.10 Å². The number of halogens is 1. The monoisotopic (exact) mass is 329 g/mol. The van der Waals surface area contributed by atoms with Crippen molar-refractivity contribution < 1.29 is 14.2 Å². The fraction of sp³-hybridized carbons (Fsp3) is 0.571. The number of nitrogens with two attached hydrogens (primary N) is 1. The molecule has 4 nitrogen and oxygen atoms in total. The van der Waals surface area contributed by atoms with Crippen LogP contribution in [0.5, 0.6) is 11.5 Å². The molecule has 1 fully saturated rings. The lowest BCUT2D eigenvalue weighted by atomic mass is 10.1. The van der Waals surface area contributed by atoms with E-state index in [0.29, 0.717) is 13.2 Å². The standard InChI is InChI=1S/C14H20BrNO3/c1-17-13-8-10(4-5-16)7-12(15)14(13)19-11-3-2-6-18-9-11/h7-8,11H,2-6,9,16H2,1H3. The normalized spacial score (nSPS) is 19.2. The highest BCUT2D eigenvalue weighted by Gasteiger charge is 2.19. The summed E-state index contributed by atoms with van der Waals surface area (Å²) in [5.74, 6) is 1.49. The molecule has 106 valence electrons. The van der Waals surface area contributed by atoms with Crippen molar-refractivity contribution in [2.24, 2.45) is 5.73 Å². The largest absolute Gasteiger partial charge is 0.493 e. The molecule has 1 heterocycles. The topological polar surface area (TPSA) is 53.7 Å². The Kier molecular flexibility index (Phi) is 5.48. The fourth-order valence-corrected chi connectivity index (χ4v) is 2.75. The van der Waals surface area contributed by atoms with E-state index in [1.807, 2.05) is 12.1 Å². The molecule has 0 spiro atoms. The van der Waals surface area contributed by atoms with Gasteiger partial charge in [0, 0.05) is 6.61 Å². The van der Waals surface area contributed by atoms with Gasteiger partial charge in [-0.3, -0.25) is 0 Å². The molecule has 1 aromatic carbocycles. The van der Waals surface area contributed by atoms with Crippen molar-refractivity contribution in [1.82, 2.24) is 0 Å². The first kappa shape index (κ1) is 14.6. The van der Waals surface area contributed by atoms with Gasteiger partial charge >= 0.3 is 0 Å². The zero-order valence-corrected chi connectivity index (χ0v) is 12.7. The summed E-state index contributed by atoms with van der Waals surface area (Å²) in [4.78, 5) is 0. The van der Waals surface area contributed by atoms with E-state index in [2.05, 4.69) is 15.9 Å². The molecule has 2 N–H and O–H groups in total. The maximum absolute atomic E-state index is 6.01. The van der Waals surface area contributed by atoms with E-state index in [-0.39, 0.29) is 6.10 Å². The lowest BCUT2D eigenvalue weighted by Crippen LogP contribution is -2.28. The zero-order valence-electron chi connectivity index (χ0n) is 11.2. The Morgan fingerprint density at radius 3 is 2.95 bits per heavy atom. The molecule has 1 aliphatic heterocycles. The van der Waals surface area contributed by atoms with Crippen molar-refractivity contribution >= 4 is 15.9 Å². The molecular weight excluding hydrogens is 310 g/mol. The van der Waals surface area contributed by atoms with Gasteiger partial charge in [0.25, 0.3) is 0 Å². The van der Waals surface area contributed by atoms with Crippen LogP contribution in [0.25, 0.3) is 0 Å². The van der Waals surface area contributed by atoms with Crippen LogP contribution in [0.3, 0.4) is 0 Å². The lowest BCUT2D eigenvalue weighted by molar-refractivity contribution is 0.00610. The van der Waals surface area contributed by atoms with Gasteiger partial charge in [0.05, 0.1) is 18.2 Å². The highest BCUT2D eigenvalue weighted by atomic mass is 79.9. The summed E-state index contributed by atoms with van der Waals surface area (Å²) in [7, 11) is 1.65. The first-order chi connectivity index (χ1) is 9.24. The minimum Gasteiger partial charge on any atom is -0.493 e. The van der Waals surface area contributed by atoms with E-state index in [1.54, 1.807) is 7.11 Å². The fourth-order valence-electron chi connectivity index (χ4n) is 2.17. The number of hydrogen-bond donors (Lipinski definition) is 1. The summed E-state index contributed by atoms with van der Waals surface area (Å²) < 4.78 is 17.8. The van der Waals surface area contributed by atoms with Crippen LogP contribution < -0.4 is 15.2 Å². The predicted octanol–water partition coefficient (Wildman–Crippen LogP) is 2.52. The molecule has 0 aliphatic carbocycles. The van der Waals surface area contributed by atoms with Crippen LogP contribution in [0.4, 0.5) is 0 Å². The summed E-state index contributed by atoms with van der Waals surface area (Å²) in [5, 5.41) is 0. The van der Waals surface area contributed by atoms with E-state index in [0.717, 1.165) is 47.4 Å². The van der Waals surface area contributed by atoms with Gasteiger partial charge in [-0.1, -0.05) is 0 Å². The van der Waals surface area contributed by atoms with Crippen LogP contribution in [0.1, 0.15) is 18.4 Å². The van der Waals surface area contributed by atoms with E-state index < -0.39 is 0 Å². The second kappa shape index (κ2) is 7.12. The third kappa shape index (κ3) is 3.84. The molecule has 1 saturated heterocycles. The number of methoxy groups -OCH3 is 1. The van der Waals surface area contributed by atoms with E-state index in [4.69, 9.17) is 19.9 Å². The summed E-state index contributed by atoms with van der Waals surface area (Å²) in [6.07, 6.45) is 2.97. The Morgan fingerprint density at radius 1 is 1.47 bits per heavy atom. The van der Waals surface area contributed by atoms with Gasteiger partial charge in [-0.2, -0.15) is 0 Å². The molecule has 1 aromatic rings. The summed E-state index contributed by atoms with van der Waals surface area (Å²) >= 11 is 3.55. The Labute approximate surface area is 122 Å². The van der Waals surface area contributed by atoms with Crippen molar-refractivity contribution in [3.05, 3.63) is 22.2 Å². The smallest absolute Gasteiger partial charge is 0.175 e. The molecule has 0 radical (unpaired) electrons. The van der Waals surface area contributed by atoms with Crippen LogP contribution in [-0.2, 0) is 11.2 Å².